The maximum Gasteiger partial charge on any atom is 0.123 e. The first-order valence-corrected chi connectivity index (χ1v) is 7.30. The molecular weight excluding hydrogens is 246 g/mol. The van der Waals surface area contributed by atoms with Gasteiger partial charge in [-0.3, -0.25) is 4.90 Å². The van der Waals surface area contributed by atoms with Gasteiger partial charge < -0.3 is 4.74 Å². The molecular formula is C15H22ClNO. The van der Waals surface area contributed by atoms with Crippen LogP contribution in [-0.2, 0) is 6.54 Å². The van der Waals surface area contributed by atoms with E-state index in [0.717, 1.165) is 37.2 Å². The molecule has 1 aliphatic rings. The van der Waals surface area contributed by atoms with Crippen molar-refractivity contribution in [3.05, 3.63) is 29.8 Å². The minimum Gasteiger partial charge on any atom is -0.496 e. The Hall–Kier alpha value is -0.730. The van der Waals surface area contributed by atoms with E-state index in [0.29, 0.717) is 0 Å². The summed E-state index contributed by atoms with van der Waals surface area (Å²) in [6.45, 7) is 2.07. The first kappa shape index (κ1) is 13.7. The van der Waals surface area contributed by atoms with Gasteiger partial charge in [-0.1, -0.05) is 24.6 Å². The van der Waals surface area contributed by atoms with Crippen LogP contribution in [0.1, 0.15) is 31.2 Å². The van der Waals surface area contributed by atoms with Gasteiger partial charge >= 0.3 is 0 Å². The summed E-state index contributed by atoms with van der Waals surface area (Å²) in [6, 6.07) is 9.05. The van der Waals surface area contributed by atoms with E-state index in [4.69, 9.17) is 16.3 Å². The monoisotopic (exact) mass is 267 g/mol. The van der Waals surface area contributed by atoms with Crippen LogP contribution in [-0.4, -0.2) is 30.5 Å². The molecule has 0 unspecified atom stereocenters. The second kappa shape index (κ2) is 7.01. The van der Waals surface area contributed by atoms with Crippen LogP contribution in [0.15, 0.2) is 24.3 Å². The molecule has 0 aliphatic heterocycles. The van der Waals surface area contributed by atoms with Gasteiger partial charge in [-0.15, -0.1) is 11.6 Å². The lowest BCUT2D eigenvalue weighted by Crippen LogP contribution is -2.40. The van der Waals surface area contributed by atoms with E-state index in [-0.39, 0.29) is 0 Å². The third kappa shape index (κ3) is 3.39. The van der Waals surface area contributed by atoms with E-state index in [1.54, 1.807) is 7.11 Å². The lowest BCUT2D eigenvalue weighted by atomic mass is 9.91. The number of ether oxygens (including phenoxy) is 1. The molecule has 18 heavy (non-hydrogen) atoms. The molecule has 0 amide bonds. The Balaban J connectivity index is 2.02. The van der Waals surface area contributed by atoms with Gasteiger partial charge in [0.05, 0.1) is 7.11 Å². The largest absolute Gasteiger partial charge is 0.496 e. The van der Waals surface area contributed by atoms with Gasteiger partial charge in [0.15, 0.2) is 0 Å². The highest BCUT2D eigenvalue weighted by molar-refractivity contribution is 6.17. The molecule has 0 atom stereocenters. The molecule has 1 saturated carbocycles. The number of para-hydroxylation sites is 1. The summed E-state index contributed by atoms with van der Waals surface area (Å²) in [7, 11) is 1.74. The number of hydrogen-bond acceptors (Lipinski definition) is 2. The lowest BCUT2D eigenvalue weighted by molar-refractivity contribution is 0.119. The fourth-order valence-corrected chi connectivity index (χ4v) is 2.58. The van der Waals surface area contributed by atoms with Gasteiger partial charge in [0.1, 0.15) is 5.75 Å². The van der Waals surface area contributed by atoms with E-state index in [9.17, 15) is 0 Å². The first-order valence-electron chi connectivity index (χ1n) is 6.77. The number of alkyl halides is 1. The van der Waals surface area contributed by atoms with Gasteiger partial charge in [-0.05, 0) is 31.9 Å². The Kier molecular flexibility index (Phi) is 5.33. The molecule has 1 aromatic carbocycles. The highest BCUT2D eigenvalue weighted by Crippen LogP contribution is 2.28. The predicted molar refractivity (Wildman–Crippen MR) is 76.4 cm³/mol. The van der Waals surface area contributed by atoms with Crippen molar-refractivity contribution in [2.24, 2.45) is 0 Å². The van der Waals surface area contributed by atoms with Crippen LogP contribution >= 0.6 is 11.6 Å². The molecule has 2 nitrogen and oxygen atoms in total. The summed E-state index contributed by atoms with van der Waals surface area (Å²) in [4.78, 5) is 2.56. The standard InChI is InChI=1S/C15H22ClNO/c1-18-15-9-3-2-6-13(15)12-17(11-5-10-16)14-7-4-8-14/h2-3,6,9,14H,4-5,7-8,10-12H2,1H3. The predicted octanol–water partition coefficient (Wildman–Crippen LogP) is 3.68. The van der Waals surface area contributed by atoms with E-state index in [1.807, 2.05) is 12.1 Å². The molecule has 0 bridgehead atoms. The van der Waals surface area contributed by atoms with Crippen molar-refractivity contribution in [3.8, 4) is 5.75 Å². The van der Waals surface area contributed by atoms with Crippen LogP contribution in [0.4, 0.5) is 0 Å². The molecule has 1 fully saturated rings. The number of nitrogens with zero attached hydrogens (tertiary/aromatic N) is 1. The minimum absolute atomic E-state index is 0.745. The number of rotatable bonds is 7. The van der Waals surface area contributed by atoms with Crippen LogP contribution in [0.2, 0.25) is 0 Å². The van der Waals surface area contributed by atoms with Crippen molar-refractivity contribution in [2.75, 3.05) is 19.5 Å². The van der Waals surface area contributed by atoms with E-state index in [1.165, 1.54) is 24.8 Å². The van der Waals surface area contributed by atoms with Crippen LogP contribution in [0, 0.1) is 0 Å². The van der Waals surface area contributed by atoms with Crippen LogP contribution in [0.5, 0.6) is 5.75 Å². The Morgan fingerprint density at radius 2 is 2.11 bits per heavy atom. The SMILES string of the molecule is COc1ccccc1CN(CCCCl)C1CCC1. The summed E-state index contributed by atoms with van der Waals surface area (Å²) in [6.07, 6.45) is 5.09. The number of benzene rings is 1. The number of hydrogen-bond donors (Lipinski definition) is 0. The maximum atomic E-state index is 5.82. The zero-order valence-corrected chi connectivity index (χ0v) is 11.8. The van der Waals surface area contributed by atoms with Crippen molar-refractivity contribution >= 4 is 11.6 Å². The molecule has 0 N–H and O–H groups in total. The molecule has 1 aliphatic carbocycles. The third-order valence-electron chi connectivity index (χ3n) is 3.74. The highest BCUT2D eigenvalue weighted by atomic mass is 35.5. The fourth-order valence-electron chi connectivity index (χ4n) is 2.46. The summed E-state index contributed by atoms with van der Waals surface area (Å²) < 4.78 is 5.43. The van der Waals surface area contributed by atoms with Gasteiger partial charge in [0.2, 0.25) is 0 Å². The Morgan fingerprint density at radius 3 is 2.72 bits per heavy atom. The average molecular weight is 268 g/mol. The quantitative estimate of drug-likeness (QED) is 0.699. The first-order chi connectivity index (χ1) is 8.85. The fraction of sp³-hybridized carbons (Fsp3) is 0.600. The molecule has 100 valence electrons. The summed E-state index contributed by atoms with van der Waals surface area (Å²) in [5, 5.41) is 0. The third-order valence-corrected chi connectivity index (χ3v) is 4.00. The molecule has 0 heterocycles. The van der Waals surface area contributed by atoms with E-state index in [2.05, 4.69) is 17.0 Å². The molecule has 1 aromatic rings. The van der Waals surface area contributed by atoms with Gasteiger partial charge in [-0.2, -0.15) is 0 Å². The molecule has 0 spiro atoms. The average Bonchev–Trinajstić information content (AvgIpc) is 2.34. The Bertz CT molecular complexity index is 365. The summed E-state index contributed by atoms with van der Waals surface area (Å²) in [5.41, 5.74) is 1.28. The van der Waals surface area contributed by atoms with Crippen molar-refractivity contribution in [2.45, 2.75) is 38.3 Å². The van der Waals surface area contributed by atoms with Crippen LogP contribution in [0.25, 0.3) is 0 Å². The van der Waals surface area contributed by atoms with Crippen molar-refractivity contribution < 1.29 is 4.74 Å². The van der Waals surface area contributed by atoms with Gasteiger partial charge in [0.25, 0.3) is 0 Å². The lowest BCUT2D eigenvalue weighted by Gasteiger charge is -2.37. The number of methoxy groups -OCH3 is 1. The van der Waals surface area contributed by atoms with E-state index >= 15 is 0 Å². The van der Waals surface area contributed by atoms with Crippen molar-refractivity contribution in [3.63, 3.8) is 0 Å². The highest BCUT2D eigenvalue weighted by Gasteiger charge is 2.25. The number of halogens is 1. The maximum absolute atomic E-state index is 5.82. The molecule has 3 heteroatoms. The van der Waals surface area contributed by atoms with Gasteiger partial charge in [0, 0.05) is 24.0 Å². The molecule has 0 radical (unpaired) electrons. The smallest absolute Gasteiger partial charge is 0.123 e. The Labute approximate surface area is 115 Å². The van der Waals surface area contributed by atoms with Gasteiger partial charge in [-0.25, -0.2) is 0 Å². The zero-order chi connectivity index (χ0) is 12.8. The molecule has 0 saturated heterocycles. The second-order valence-electron chi connectivity index (χ2n) is 4.91. The molecule has 0 aromatic heterocycles. The van der Waals surface area contributed by atoms with Crippen molar-refractivity contribution in [1.82, 2.24) is 4.90 Å². The summed E-state index contributed by atoms with van der Waals surface area (Å²) in [5.74, 6) is 1.74. The van der Waals surface area contributed by atoms with Crippen LogP contribution < -0.4 is 4.74 Å². The summed E-state index contributed by atoms with van der Waals surface area (Å²) >= 11 is 5.82. The normalized spacial score (nSPS) is 15.7. The van der Waals surface area contributed by atoms with Crippen molar-refractivity contribution in [1.29, 1.82) is 0 Å². The minimum atomic E-state index is 0.745. The second-order valence-corrected chi connectivity index (χ2v) is 5.29. The van der Waals surface area contributed by atoms with Crippen LogP contribution in [0.3, 0.4) is 0 Å². The van der Waals surface area contributed by atoms with E-state index < -0.39 is 0 Å². The topological polar surface area (TPSA) is 12.5 Å². The zero-order valence-electron chi connectivity index (χ0n) is 11.1. The Morgan fingerprint density at radius 1 is 1.33 bits per heavy atom. The molecule has 2 rings (SSSR count).